The maximum absolute atomic E-state index is 3.56. The maximum Gasteiger partial charge on any atom is 0.0170 e. The van der Waals surface area contributed by atoms with E-state index in [1.165, 1.54) is 22.3 Å². The Labute approximate surface area is 119 Å². The summed E-state index contributed by atoms with van der Waals surface area (Å²) in [6, 6.07) is 6.52. The molecule has 0 aliphatic rings. The van der Waals surface area contributed by atoms with Crippen molar-refractivity contribution in [2.45, 2.75) is 41.5 Å². The minimum absolute atomic E-state index is 0.582. The van der Waals surface area contributed by atoms with Crippen molar-refractivity contribution in [3.8, 4) is 0 Å². The average Bonchev–Trinajstić information content (AvgIpc) is 2.31. The molecular weight excluding hydrogens is 230 g/mol. The molecule has 1 aromatic carbocycles. The van der Waals surface area contributed by atoms with Crippen LogP contribution >= 0.6 is 0 Å². The first-order valence-corrected chi connectivity index (χ1v) is 7.39. The molecule has 0 radical (unpaired) electrons. The minimum Gasteiger partial charge on any atom is -0.313 e. The van der Waals surface area contributed by atoms with E-state index in [4.69, 9.17) is 0 Å². The predicted octanol–water partition coefficient (Wildman–Crippen LogP) is 4.59. The van der Waals surface area contributed by atoms with E-state index in [9.17, 15) is 0 Å². The van der Waals surface area contributed by atoms with Crippen LogP contribution in [0, 0.1) is 25.7 Å². The molecule has 0 fully saturated rings. The van der Waals surface area contributed by atoms with E-state index in [0.29, 0.717) is 11.8 Å². The minimum atomic E-state index is 0.582. The molecule has 0 amide bonds. The van der Waals surface area contributed by atoms with Gasteiger partial charge in [-0.05, 0) is 48.9 Å². The van der Waals surface area contributed by atoms with Crippen molar-refractivity contribution < 1.29 is 0 Å². The Morgan fingerprint density at radius 1 is 1.11 bits per heavy atom. The van der Waals surface area contributed by atoms with Crippen molar-refractivity contribution in [3.63, 3.8) is 0 Å². The van der Waals surface area contributed by atoms with Gasteiger partial charge in [0.2, 0.25) is 0 Å². The van der Waals surface area contributed by atoms with Crippen LogP contribution in [0.15, 0.2) is 23.8 Å². The third-order valence-electron chi connectivity index (χ3n) is 3.50. The van der Waals surface area contributed by atoms with E-state index < -0.39 is 0 Å². The smallest absolute Gasteiger partial charge is 0.0170 e. The molecule has 1 aromatic rings. The first-order valence-electron chi connectivity index (χ1n) is 7.39. The van der Waals surface area contributed by atoms with Gasteiger partial charge in [0, 0.05) is 6.54 Å². The fourth-order valence-corrected chi connectivity index (χ4v) is 2.17. The van der Waals surface area contributed by atoms with Crippen LogP contribution in [-0.4, -0.2) is 13.1 Å². The van der Waals surface area contributed by atoms with Gasteiger partial charge in [-0.3, -0.25) is 0 Å². The number of hydrogen-bond donors (Lipinski definition) is 1. The zero-order valence-corrected chi connectivity index (χ0v) is 13.4. The molecular formula is C18H29N. The Kier molecular flexibility index (Phi) is 6.30. The van der Waals surface area contributed by atoms with Gasteiger partial charge in [0.1, 0.15) is 0 Å². The highest BCUT2D eigenvalue weighted by Gasteiger charge is 2.06. The largest absolute Gasteiger partial charge is 0.313 e. The van der Waals surface area contributed by atoms with Crippen LogP contribution in [-0.2, 0) is 0 Å². The maximum atomic E-state index is 3.56. The number of benzene rings is 1. The van der Waals surface area contributed by atoms with Crippen LogP contribution in [0.2, 0.25) is 0 Å². The highest BCUT2D eigenvalue weighted by atomic mass is 14.9. The number of hydrogen-bond acceptors (Lipinski definition) is 1. The summed E-state index contributed by atoms with van der Waals surface area (Å²) >= 11 is 0. The van der Waals surface area contributed by atoms with Crippen molar-refractivity contribution in [3.05, 3.63) is 40.5 Å². The molecule has 106 valence electrons. The summed E-state index contributed by atoms with van der Waals surface area (Å²) in [7, 11) is 0. The summed E-state index contributed by atoms with van der Waals surface area (Å²) < 4.78 is 0. The predicted molar refractivity (Wildman–Crippen MR) is 86.4 cm³/mol. The normalized spacial score (nSPS) is 12.5. The van der Waals surface area contributed by atoms with Gasteiger partial charge in [-0.15, -0.1) is 0 Å². The molecule has 0 saturated heterocycles. The molecule has 0 spiro atoms. The van der Waals surface area contributed by atoms with Gasteiger partial charge < -0.3 is 5.32 Å². The molecule has 1 heteroatoms. The fourth-order valence-electron chi connectivity index (χ4n) is 2.17. The number of nitrogens with one attached hydrogen (secondary N) is 1. The molecule has 0 atom stereocenters. The topological polar surface area (TPSA) is 12.0 Å². The zero-order valence-electron chi connectivity index (χ0n) is 13.4. The van der Waals surface area contributed by atoms with Crippen LogP contribution in [0.25, 0.3) is 6.08 Å². The first-order chi connectivity index (χ1) is 8.91. The van der Waals surface area contributed by atoms with Gasteiger partial charge in [-0.2, -0.15) is 0 Å². The Morgan fingerprint density at radius 3 is 2.16 bits per heavy atom. The van der Waals surface area contributed by atoms with Crippen LogP contribution < -0.4 is 5.32 Å². The number of rotatable bonds is 6. The molecule has 1 N–H and O–H groups in total. The first kappa shape index (κ1) is 16.0. The Hall–Kier alpha value is -1.08. The standard InChI is InChI=1S/C18H29N/c1-13(2)11-19-12-17(14(3)4)10-18-15(5)8-7-9-16(18)6/h7-10,13-14,19H,11-12H2,1-6H3/b17-10-. The van der Waals surface area contributed by atoms with E-state index >= 15 is 0 Å². The van der Waals surface area contributed by atoms with Gasteiger partial charge in [0.15, 0.2) is 0 Å². The summed E-state index contributed by atoms with van der Waals surface area (Å²) in [4.78, 5) is 0. The molecule has 1 nitrogen and oxygen atoms in total. The second kappa shape index (κ2) is 7.49. The van der Waals surface area contributed by atoms with E-state index in [1.807, 2.05) is 0 Å². The molecule has 0 aromatic heterocycles. The van der Waals surface area contributed by atoms with Gasteiger partial charge in [0.25, 0.3) is 0 Å². The lowest BCUT2D eigenvalue weighted by atomic mass is 9.95. The lowest BCUT2D eigenvalue weighted by molar-refractivity contribution is 0.558. The highest BCUT2D eigenvalue weighted by molar-refractivity contribution is 5.60. The van der Waals surface area contributed by atoms with E-state index in [0.717, 1.165) is 13.1 Å². The van der Waals surface area contributed by atoms with Crippen molar-refractivity contribution in [1.29, 1.82) is 0 Å². The summed E-state index contributed by atoms with van der Waals surface area (Å²) in [6.45, 7) is 15.5. The van der Waals surface area contributed by atoms with Gasteiger partial charge in [0.05, 0.1) is 0 Å². The van der Waals surface area contributed by atoms with Crippen LogP contribution in [0.3, 0.4) is 0 Å². The Morgan fingerprint density at radius 2 is 1.68 bits per heavy atom. The third-order valence-corrected chi connectivity index (χ3v) is 3.50. The van der Waals surface area contributed by atoms with Gasteiger partial charge in [-0.25, -0.2) is 0 Å². The van der Waals surface area contributed by atoms with Crippen molar-refractivity contribution in [1.82, 2.24) is 5.32 Å². The molecule has 0 aliphatic carbocycles. The summed E-state index contributed by atoms with van der Waals surface area (Å²) in [5.74, 6) is 1.28. The molecule has 0 bridgehead atoms. The summed E-state index contributed by atoms with van der Waals surface area (Å²) in [6.07, 6.45) is 2.38. The van der Waals surface area contributed by atoms with Gasteiger partial charge in [-0.1, -0.05) is 57.5 Å². The van der Waals surface area contributed by atoms with E-state index in [-0.39, 0.29) is 0 Å². The van der Waals surface area contributed by atoms with Crippen molar-refractivity contribution in [2.24, 2.45) is 11.8 Å². The molecule has 0 unspecified atom stereocenters. The molecule has 0 heterocycles. The second-order valence-corrected chi connectivity index (χ2v) is 6.20. The monoisotopic (exact) mass is 259 g/mol. The molecule has 0 aliphatic heterocycles. The molecule has 1 rings (SSSR count). The third kappa shape index (κ3) is 5.20. The average molecular weight is 259 g/mol. The Balaban J connectivity index is 2.89. The lowest BCUT2D eigenvalue weighted by Gasteiger charge is -2.16. The summed E-state index contributed by atoms with van der Waals surface area (Å²) in [5.41, 5.74) is 5.60. The summed E-state index contributed by atoms with van der Waals surface area (Å²) in [5, 5.41) is 3.56. The second-order valence-electron chi connectivity index (χ2n) is 6.20. The van der Waals surface area contributed by atoms with E-state index in [2.05, 4.69) is 71.1 Å². The van der Waals surface area contributed by atoms with Crippen LogP contribution in [0.4, 0.5) is 0 Å². The highest BCUT2D eigenvalue weighted by Crippen LogP contribution is 2.20. The van der Waals surface area contributed by atoms with Crippen LogP contribution in [0.5, 0.6) is 0 Å². The number of aryl methyl sites for hydroxylation is 2. The van der Waals surface area contributed by atoms with E-state index in [1.54, 1.807) is 0 Å². The Bertz CT molecular complexity index is 407. The lowest BCUT2D eigenvalue weighted by Crippen LogP contribution is -2.23. The molecule has 19 heavy (non-hydrogen) atoms. The zero-order chi connectivity index (χ0) is 14.4. The fraction of sp³-hybridized carbons (Fsp3) is 0.556. The molecule has 0 saturated carbocycles. The quantitative estimate of drug-likeness (QED) is 0.788. The van der Waals surface area contributed by atoms with Crippen molar-refractivity contribution >= 4 is 6.08 Å². The van der Waals surface area contributed by atoms with Gasteiger partial charge >= 0.3 is 0 Å². The van der Waals surface area contributed by atoms with Crippen LogP contribution in [0.1, 0.15) is 44.4 Å². The van der Waals surface area contributed by atoms with Crippen molar-refractivity contribution in [2.75, 3.05) is 13.1 Å². The SMILES string of the molecule is Cc1cccc(C)c1/C=C(/CNCC(C)C)C(C)C.